The van der Waals surface area contributed by atoms with Crippen LogP contribution in [0.3, 0.4) is 0 Å². The van der Waals surface area contributed by atoms with Gasteiger partial charge in [-0.25, -0.2) is 13.8 Å². The zero-order valence-electron chi connectivity index (χ0n) is 18.2. The normalized spacial score (nSPS) is 11.0. The summed E-state index contributed by atoms with van der Waals surface area (Å²) in [6, 6.07) is 22.1. The number of aryl methyl sites for hydroxylation is 1. The van der Waals surface area contributed by atoms with Gasteiger partial charge in [-0.1, -0.05) is 24.3 Å². The number of halogens is 2. The van der Waals surface area contributed by atoms with Crippen molar-refractivity contribution in [3.63, 3.8) is 0 Å². The van der Waals surface area contributed by atoms with E-state index in [1.54, 1.807) is 37.3 Å². The molecule has 34 heavy (non-hydrogen) atoms. The van der Waals surface area contributed by atoms with Crippen molar-refractivity contribution in [3.8, 4) is 10.4 Å². The van der Waals surface area contributed by atoms with Crippen LogP contribution in [-0.2, 0) is 6.54 Å². The lowest BCUT2D eigenvalue weighted by molar-refractivity contribution is 0.0980. The molecule has 0 fully saturated rings. The maximum Gasteiger partial charge on any atom is 0.278 e. The van der Waals surface area contributed by atoms with E-state index in [0.717, 1.165) is 15.3 Å². The molecular formula is C27H19F2N3OS. The Hall–Kier alpha value is -3.97. The Morgan fingerprint density at radius 2 is 1.76 bits per heavy atom. The first-order valence-corrected chi connectivity index (χ1v) is 11.4. The molecule has 7 heteroatoms. The number of hydrogen-bond acceptors (Lipinski definition) is 4. The highest BCUT2D eigenvalue weighted by molar-refractivity contribution is 7.15. The van der Waals surface area contributed by atoms with Crippen molar-refractivity contribution in [2.24, 2.45) is 0 Å². The molecule has 0 aliphatic carbocycles. The minimum Gasteiger partial charge on any atom is -0.302 e. The second-order valence-electron chi connectivity index (χ2n) is 7.85. The van der Waals surface area contributed by atoms with Crippen LogP contribution in [0.4, 0.5) is 14.5 Å². The molecule has 0 saturated carbocycles. The number of benzene rings is 3. The monoisotopic (exact) mass is 471 g/mol. The molecule has 2 aromatic heterocycles. The van der Waals surface area contributed by atoms with E-state index in [1.165, 1.54) is 40.6 Å². The molecule has 0 radical (unpaired) electrons. The van der Waals surface area contributed by atoms with Gasteiger partial charge in [-0.2, -0.15) is 0 Å². The van der Waals surface area contributed by atoms with E-state index in [2.05, 4.69) is 9.97 Å². The molecule has 0 aliphatic rings. The Balaban J connectivity index is 1.50. The van der Waals surface area contributed by atoms with Gasteiger partial charge >= 0.3 is 0 Å². The van der Waals surface area contributed by atoms with E-state index in [-0.39, 0.29) is 24.0 Å². The van der Waals surface area contributed by atoms with Crippen molar-refractivity contribution >= 4 is 34.0 Å². The molecular weight excluding hydrogens is 452 g/mol. The predicted octanol–water partition coefficient (Wildman–Crippen LogP) is 6.79. The first-order valence-electron chi connectivity index (χ1n) is 10.6. The summed E-state index contributed by atoms with van der Waals surface area (Å²) in [5, 5.41) is 0. The van der Waals surface area contributed by atoms with Crippen molar-refractivity contribution in [3.05, 3.63) is 113 Å². The van der Waals surface area contributed by atoms with Crippen LogP contribution in [0, 0.1) is 18.6 Å². The third-order valence-electron chi connectivity index (χ3n) is 5.45. The number of amides is 1. The number of aromatic nitrogens is 2. The minimum atomic E-state index is -0.437. The molecule has 0 aliphatic heterocycles. The quantitative estimate of drug-likeness (QED) is 0.283. The molecule has 3 aromatic carbocycles. The number of thiophene rings is 1. The lowest BCUT2D eigenvalue weighted by atomic mass is 10.1. The molecule has 0 atom stereocenters. The third kappa shape index (κ3) is 4.43. The molecule has 0 spiro atoms. The van der Waals surface area contributed by atoms with Crippen molar-refractivity contribution in [2.75, 3.05) is 4.90 Å². The van der Waals surface area contributed by atoms with Crippen molar-refractivity contribution in [2.45, 2.75) is 13.5 Å². The first kappa shape index (κ1) is 21.9. The molecule has 2 heterocycles. The first-order chi connectivity index (χ1) is 16.5. The Labute approximate surface area is 199 Å². The molecule has 1 amide bonds. The van der Waals surface area contributed by atoms with Crippen LogP contribution in [0.15, 0.2) is 85.1 Å². The molecule has 168 valence electrons. The Bertz CT molecular complexity index is 1520. The van der Waals surface area contributed by atoms with E-state index in [4.69, 9.17) is 0 Å². The summed E-state index contributed by atoms with van der Waals surface area (Å²) < 4.78 is 27.7. The largest absolute Gasteiger partial charge is 0.302 e. The van der Waals surface area contributed by atoms with Gasteiger partial charge in [0.2, 0.25) is 0 Å². The number of carbonyl (C=O) groups excluding carboxylic acids is 1. The number of hydrogen-bond donors (Lipinski definition) is 0. The topological polar surface area (TPSA) is 46.1 Å². The lowest BCUT2D eigenvalue weighted by Crippen LogP contribution is -2.31. The summed E-state index contributed by atoms with van der Waals surface area (Å²) in [4.78, 5) is 25.7. The zero-order valence-corrected chi connectivity index (χ0v) is 19.0. The molecule has 0 N–H and O–H groups in total. The van der Waals surface area contributed by atoms with Gasteiger partial charge in [0.15, 0.2) is 0 Å². The average molecular weight is 472 g/mol. The number of carbonyl (C=O) groups is 1. The van der Waals surface area contributed by atoms with Gasteiger partial charge in [-0.3, -0.25) is 9.78 Å². The smallest absolute Gasteiger partial charge is 0.278 e. The highest BCUT2D eigenvalue weighted by atomic mass is 32.1. The number of anilines is 1. The van der Waals surface area contributed by atoms with Crippen LogP contribution in [0.1, 0.15) is 20.9 Å². The summed E-state index contributed by atoms with van der Waals surface area (Å²) in [7, 11) is 0. The maximum atomic E-state index is 14.0. The summed E-state index contributed by atoms with van der Waals surface area (Å²) in [5.41, 5.74) is 3.37. The van der Waals surface area contributed by atoms with Crippen LogP contribution in [-0.4, -0.2) is 15.9 Å². The second-order valence-corrected chi connectivity index (χ2v) is 9.01. The second kappa shape index (κ2) is 9.11. The molecule has 4 nitrogen and oxygen atoms in total. The standard InChI is InChI=1S/C27H19F2N3OS/c1-17-13-18(9-11-22(17)29)26-12-10-21(34-26)16-32(20-6-4-5-19(28)14-20)27(33)25-15-30-23-7-2-3-8-24(23)31-25/h2-15H,16H2,1H3. The Morgan fingerprint density at radius 3 is 2.56 bits per heavy atom. The minimum absolute atomic E-state index is 0.175. The highest BCUT2D eigenvalue weighted by Crippen LogP contribution is 2.31. The fourth-order valence-electron chi connectivity index (χ4n) is 3.69. The SMILES string of the molecule is Cc1cc(-c2ccc(CN(C(=O)c3cnc4ccccc4n3)c3cccc(F)c3)s2)ccc1F. The van der Waals surface area contributed by atoms with Gasteiger partial charge in [0.1, 0.15) is 17.3 Å². The molecule has 5 rings (SSSR count). The number of rotatable bonds is 5. The van der Waals surface area contributed by atoms with Crippen molar-refractivity contribution in [1.29, 1.82) is 0 Å². The summed E-state index contributed by atoms with van der Waals surface area (Å²) in [6.07, 6.45) is 1.44. The molecule has 0 saturated heterocycles. The zero-order chi connectivity index (χ0) is 23.7. The van der Waals surface area contributed by atoms with Crippen LogP contribution in [0.5, 0.6) is 0 Å². The van der Waals surface area contributed by atoms with Gasteiger partial charge in [0, 0.05) is 15.4 Å². The fourth-order valence-corrected chi connectivity index (χ4v) is 4.69. The Morgan fingerprint density at radius 1 is 0.941 bits per heavy atom. The fraction of sp³-hybridized carbons (Fsp3) is 0.0741. The van der Waals surface area contributed by atoms with E-state index in [0.29, 0.717) is 22.3 Å². The average Bonchev–Trinajstić information content (AvgIpc) is 3.32. The van der Waals surface area contributed by atoms with Crippen LogP contribution in [0.25, 0.3) is 21.5 Å². The van der Waals surface area contributed by atoms with E-state index in [9.17, 15) is 13.6 Å². The molecule has 0 unspecified atom stereocenters. The highest BCUT2D eigenvalue weighted by Gasteiger charge is 2.22. The van der Waals surface area contributed by atoms with Gasteiger partial charge in [-0.15, -0.1) is 11.3 Å². The van der Waals surface area contributed by atoms with Gasteiger partial charge in [0.05, 0.1) is 23.8 Å². The summed E-state index contributed by atoms with van der Waals surface area (Å²) in [5.74, 6) is -1.06. The summed E-state index contributed by atoms with van der Waals surface area (Å²) in [6.45, 7) is 1.95. The maximum absolute atomic E-state index is 14.0. The summed E-state index contributed by atoms with van der Waals surface area (Å²) >= 11 is 1.50. The van der Waals surface area contributed by atoms with Crippen LogP contribution in [0.2, 0.25) is 0 Å². The number of para-hydroxylation sites is 2. The molecule has 5 aromatic rings. The Kier molecular flexibility index (Phi) is 5.86. The lowest BCUT2D eigenvalue weighted by Gasteiger charge is -2.22. The van der Waals surface area contributed by atoms with Crippen LogP contribution < -0.4 is 4.90 Å². The van der Waals surface area contributed by atoms with Gasteiger partial charge < -0.3 is 4.90 Å². The van der Waals surface area contributed by atoms with E-state index >= 15 is 0 Å². The molecule has 0 bridgehead atoms. The van der Waals surface area contributed by atoms with Crippen molar-refractivity contribution in [1.82, 2.24) is 9.97 Å². The third-order valence-corrected chi connectivity index (χ3v) is 6.57. The van der Waals surface area contributed by atoms with Crippen LogP contribution >= 0.6 is 11.3 Å². The predicted molar refractivity (Wildman–Crippen MR) is 131 cm³/mol. The van der Waals surface area contributed by atoms with Gasteiger partial charge in [-0.05, 0) is 72.6 Å². The van der Waals surface area contributed by atoms with Gasteiger partial charge in [0.25, 0.3) is 5.91 Å². The van der Waals surface area contributed by atoms with Crippen molar-refractivity contribution < 1.29 is 13.6 Å². The van der Waals surface area contributed by atoms with E-state index < -0.39 is 5.82 Å². The number of fused-ring (bicyclic) bond motifs is 1. The number of nitrogens with zero attached hydrogens (tertiary/aromatic N) is 3. The van der Waals surface area contributed by atoms with E-state index in [1.807, 2.05) is 30.3 Å².